The summed E-state index contributed by atoms with van der Waals surface area (Å²) in [6.45, 7) is 4.13. The third-order valence-electron chi connectivity index (χ3n) is 3.31. The average molecular weight is 271 g/mol. The Morgan fingerprint density at radius 2 is 2.12 bits per heavy atom. The zero-order valence-electron chi connectivity index (χ0n) is 10.6. The number of thioether (sulfide) groups is 1. The second kappa shape index (κ2) is 6.21. The van der Waals surface area contributed by atoms with E-state index in [0.717, 1.165) is 28.1 Å². The zero-order valence-corrected chi connectivity index (χ0v) is 12.2. The van der Waals surface area contributed by atoms with E-state index in [9.17, 15) is 5.11 Å². The van der Waals surface area contributed by atoms with E-state index in [4.69, 9.17) is 0 Å². The molecule has 0 spiro atoms. The van der Waals surface area contributed by atoms with E-state index in [2.05, 4.69) is 11.9 Å². The van der Waals surface area contributed by atoms with Gasteiger partial charge in [-0.05, 0) is 26.7 Å². The summed E-state index contributed by atoms with van der Waals surface area (Å²) in [5.41, 5.74) is 1.11. The molecule has 1 aliphatic rings. The maximum atomic E-state index is 10.0. The van der Waals surface area contributed by atoms with Crippen LogP contribution in [0.5, 0.6) is 0 Å². The van der Waals surface area contributed by atoms with Crippen molar-refractivity contribution in [3.05, 3.63) is 15.6 Å². The largest absolute Gasteiger partial charge is 0.392 e. The SMILES string of the molecule is Cc1nc(CC(O)CSC2CCCC2)sc1C. The third kappa shape index (κ3) is 3.97. The Labute approximate surface area is 112 Å². The number of aliphatic hydroxyl groups excluding tert-OH is 1. The molecule has 17 heavy (non-hydrogen) atoms. The molecular formula is C13H21NOS2. The van der Waals surface area contributed by atoms with Crippen LogP contribution in [-0.2, 0) is 6.42 Å². The molecule has 0 aliphatic heterocycles. The lowest BCUT2D eigenvalue weighted by atomic mass is 10.3. The van der Waals surface area contributed by atoms with Crippen molar-refractivity contribution < 1.29 is 5.11 Å². The monoisotopic (exact) mass is 271 g/mol. The summed E-state index contributed by atoms with van der Waals surface area (Å²) < 4.78 is 0. The first-order chi connectivity index (χ1) is 8.15. The Morgan fingerprint density at radius 1 is 1.41 bits per heavy atom. The molecule has 2 nitrogen and oxygen atoms in total. The van der Waals surface area contributed by atoms with E-state index in [1.165, 1.54) is 30.6 Å². The number of hydrogen-bond donors (Lipinski definition) is 1. The van der Waals surface area contributed by atoms with Gasteiger partial charge < -0.3 is 5.11 Å². The highest BCUT2D eigenvalue weighted by atomic mass is 32.2. The molecule has 1 saturated carbocycles. The predicted octanol–water partition coefficient (Wildman–Crippen LogP) is 3.34. The van der Waals surface area contributed by atoms with Gasteiger partial charge in [-0.3, -0.25) is 0 Å². The van der Waals surface area contributed by atoms with Crippen LogP contribution in [0.2, 0.25) is 0 Å². The number of aryl methyl sites for hydroxylation is 2. The van der Waals surface area contributed by atoms with Crippen LogP contribution in [0.25, 0.3) is 0 Å². The van der Waals surface area contributed by atoms with Crippen molar-refractivity contribution in [2.75, 3.05) is 5.75 Å². The number of rotatable bonds is 5. The van der Waals surface area contributed by atoms with Crippen LogP contribution in [0.3, 0.4) is 0 Å². The van der Waals surface area contributed by atoms with Crippen LogP contribution >= 0.6 is 23.1 Å². The van der Waals surface area contributed by atoms with Gasteiger partial charge in [-0.1, -0.05) is 12.8 Å². The Morgan fingerprint density at radius 3 is 2.71 bits per heavy atom. The van der Waals surface area contributed by atoms with Crippen molar-refractivity contribution in [2.45, 2.75) is 57.3 Å². The summed E-state index contributed by atoms with van der Waals surface area (Å²) in [5.74, 6) is 0.863. The highest BCUT2D eigenvalue weighted by Crippen LogP contribution is 2.30. The van der Waals surface area contributed by atoms with Gasteiger partial charge in [0.25, 0.3) is 0 Å². The second-order valence-corrected chi connectivity index (χ2v) is 7.47. The molecule has 0 radical (unpaired) electrons. The number of aliphatic hydroxyl groups is 1. The fourth-order valence-corrected chi connectivity index (χ4v) is 4.47. The number of aromatic nitrogens is 1. The van der Waals surface area contributed by atoms with Crippen molar-refractivity contribution in [2.24, 2.45) is 0 Å². The predicted molar refractivity (Wildman–Crippen MR) is 76.0 cm³/mol. The van der Waals surface area contributed by atoms with Crippen molar-refractivity contribution >= 4 is 23.1 Å². The lowest BCUT2D eigenvalue weighted by Crippen LogP contribution is -2.15. The zero-order chi connectivity index (χ0) is 12.3. The number of thiazole rings is 1. The molecule has 1 unspecified atom stereocenters. The number of nitrogens with zero attached hydrogens (tertiary/aromatic N) is 1. The summed E-state index contributed by atoms with van der Waals surface area (Å²) in [4.78, 5) is 5.75. The van der Waals surface area contributed by atoms with Crippen molar-refractivity contribution in [3.63, 3.8) is 0 Å². The summed E-state index contributed by atoms with van der Waals surface area (Å²) in [7, 11) is 0. The standard InChI is InChI=1S/C13H21NOS2/c1-9-10(2)17-13(14-9)7-11(15)8-16-12-5-3-4-6-12/h11-12,15H,3-8H2,1-2H3. The normalized spacial score (nSPS) is 18.8. The molecule has 1 aromatic rings. The molecule has 4 heteroatoms. The van der Waals surface area contributed by atoms with E-state index in [1.807, 2.05) is 18.7 Å². The molecule has 0 aromatic carbocycles. The lowest BCUT2D eigenvalue weighted by Gasteiger charge is -2.12. The molecule has 0 saturated heterocycles. The Bertz CT molecular complexity index is 339. The maximum absolute atomic E-state index is 10.0. The molecule has 96 valence electrons. The fraction of sp³-hybridized carbons (Fsp3) is 0.769. The molecule has 1 aliphatic carbocycles. The van der Waals surface area contributed by atoms with Gasteiger partial charge in [0.2, 0.25) is 0 Å². The Hall–Kier alpha value is -0.0600. The van der Waals surface area contributed by atoms with Crippen molar-refractivity contribution in [3.8, 4) is 0 Å². The Balaban J connectivity index is 1.74. The van der Waals surface area contributed by atoms with Gasteiger partial charge in [0.1, 0.15) is 0 Å². The molecule has 1 atom stereocenters. The first-order valence-electron chi connectivity index (χ1n) is 6.37. The molecule has 2 rings (SSSR count). The first kappa shape index (κ1) is 13.4. The molecular weight excluding hydrogens is 250 g/mol. The number of hydrogen-bond acceptors (Lipinski definition) is 4. The van der Waals surface area contributed by atoms with Gasteiger partial charge in [-0.25, -0.2) is 4.98 Å². The van der Waals surface area contributed by atoms with Crippen LogP contribution in [-0.4, -0.2) is 27.2 Å². The van der Waals surface area contributed by atoms with Gasteiger partial charge >= 0.3 is 0 Å². The minimum atomic E-state index is -0.231. The van der Waals surface area contributed by atoms with Crippen LogP contribution in [0.4, 0.5) is 0 Å². The minimum Gasteiger partial charge on any atom is -0.392 e. The van der Waals surface area contributed by atoms with E-state index in [0.29, 0.717) is 0 Å². The molecule has 1 heterocycles. The minimum absolute atomic E-state index is 0.231. The van der Waals surface area contributed by atoms with E-state index >= 15 is 0 Å². The van der Waals surface area contributed by atoms with Crippen LogP contribution < -0.4 is 0 Å². The highest BCUT2D eigenvalue weighted by molar-refractivity contribution is 7.99. The molecule has 1 aromatic heterocycles. The summed E-state index contributed by atoms with van der Waals surface area (Å²) in [5, 5.41) is 11.9. The topological polar surface area (TPSA) is 33.1 Å². The molecule has 1 N–H and O–H groups in total. The van der Waals surface area contributed by atoms with Crippen molar-refractivity contribution in [1.82, 2.24) is 4.98 Å². The van der Waals surface area contributed by atoms with Crippen LogP contribution in [0.15, 0.2) is 0 Å². The van der Waals surface area contributed by atoms with Gasteiger partial charge in [-0.2, -0.15) is 11.8 Å². The van der Waals surface area contributed by atoms with Crippen molar-refractivity contribution in [1.29, 1.82) is 0 Å². The second-order valence-electron chi connectivity index (χ2n) is 4.85. The van der Waals surface area contributed by atoms with Crippen LogP contribution in [0, 0.1) is 13.8 Å². The summed E-state index contributed by atoms with van der Waals surface area (Å²) >= 11 is 3.67. The summed E-state index contributed by atoms with van der Waals surface area (Å²) in [6, 6.07) is 0. The van der Waals surface area contributed by atoms with E-state index in [1.54, 1.807) is 11.3 Å². The molecule has 0 amide bonds. The maximum Gasteiger partial charge on any atom is 0.0956 e. The van der Waals surface area contributed by atoms with Crippen LogP contribution in [0.1, 0.15) is 41.3 Å². The fourth-order valence-electron chi connectivity index (χ4n) is 2.19. The van der Waals surface area contributed by atoms with E-state index in [-0.39, 0.29) is 6.10 Å². The lowest BCUT2D eigenvalue weighted by molar-refractivity contribution is 0.200. The summed E-state index contributed by atoms with van der Waals surface area (Å²) in [6.07, 6.45) is 5.92. The highest BCUT2D eigenvalue weighted by Gasteiger charge is 2.17. The quantitative estimate of drug-likeness (QED) is 0.891. The van der Waals surface area contributed by atoms with Gasteiger partial charge in [0.05, 0.1) is 16.8 Å². The van der Waals surface area contributed by atoms with Gasteiger partial charge in [0.15, 0.2) is 0 Å². The molecule has 1 fully saturated rings. The Kier molecular flexibility index (Phi) is 4.88. The first-order valence-corrected chi connectivity index (χ1v) is 8.24. The third-order valence-corrected chi connectivity index (χ3v) is 5.92. The average Bonchev–Trinajstić information content (AvgIpc) is 2.87. The molecule has 0 bridgehead atoms. The van der Waals surface area contributed by atoms with Gasteiger partial charge in [0, 0.05) is 22.3 Å². The van der Waals surface area contributed by atoms with Gasteiger partial charge in [-0.15, -0.1) is 11.3 Å². The smallest absolute Gasteiger partial charge is 0.0956 e. The van der Waals surface area contributed by atoms with E-state index < -0.39 is 0 Å².